The van der Waals surface area contributed by atoms with Crippen molar-refractivity contribution in [3.05, 3.63) is 23.8 Å². The van der Waals surface area contributed by atoms with Gasteiger partial charge in [-0.25, -0.2) is 0 Å². The normalized spacial score (nSPS) is 30.7. The van der Waals surface area contributed by atoms with Crippen molar-refractivity contribution < 1.29 is 9.47 Å². The largest absolute Gasteiger partial charge is 0.497 e. The van der Waals surface area contributed by atoms with Crippen molar-refractivity contribution in [2.75, 3.05) is 40.4 Å². The van der Waals surface area contributed by atoms with Gasteiger partial charge in [0.1, 0.15) is 11.5 Å². The first-order valence-electron chi connectivity index (χ1n) is 9.44. The van der Waals surface area contributed by atoms with Crippen LogP contribution in [0.4, 0.5) is 0 Å². The van der Waals surface area contributed by atoms with Crippen LogP contribution in [-0.4, -0.2) is 56.2 Å². The molecular formula is C20H30N2O2. The molecule has 24 heavy (non-hydrogen) atoms. The van der Waals surface area contributed by atoms with E-state index in [1.54, 1.807) is 14.2 Å². The van der Waals surface area contributed by atoms with Gasteiger partial charge >= 0.3 is 0 Å². The molecule has 3 fully saturated rings. The first-order valence-corrected chi connectivity index (χ1v) is 9.44. The highest BCUT2D eigenvalue weighted by Gasteiger charge is 2.42. The Morgan fingerprint density at radius 1 is 1.00 bits per heavy atom. The van der Waals surface area contributed by atoms with Crippen LogP contribution in [0, 0.1) is 11.8 Å². The standard InChI is InChI=1S/C20H30N2O2/c1-23-18-5-6-20(24-2)17(13-18)14-21-7-9-22(10-8-21)19-12-15-3-4-16(19)11-15/h5-6,13,15-16,19H,3-4,7-12,14H2,1-2H3/t15-,16+,19+/m0/s1. The van der Waals surface area contributed by atoms with Gasteiger partial charge in [-0.1, -0.05) is 6.42 Å². The van der Waals surface area contributed by atoms with Gasteiger partial charge in [-0.3, -0.25) is 9.80 Å². The van der Waals surface area contributed by atoms with Crippen LogP contribution >= 0.6 is 0 Å². The maximum absolute atomic E-state index is 5.53. The second-order valence-corrected chi connectivity index (χ2v) is 7.73. The summed E-state index contributed by atoms with van der Waals surface area (Å²) >= 11 is 0. The monoisotopic (exact) mass is 330 g/mol. The van der Waals surface area contributed by atoms with Gasteiger partial charge in [0.2, 0.25) is 0 Å². The third-order valence-electron chi connectivity index (χ3n) is 6.46. The van der Waals surface area contributed by atoms with Crippen LogP contribution in [0.1, 0.15) is 31.2 Å². The molecule has 3 atom stereocenters. The Balaban J connectivity index is 1.35. The van der Waals surface area contributed by atoms with Gasteiger partial charge in [-0.05, 0) is 49.3 Å². The molecule has 1 saturated heterocycles. The zero-order valence-corrected chi connectivity index (χ0v) is 15.0. The molecule has 132 valence electrons. The molecule has 4 nitrogen and oxygen atoms in total. The summed E-state index contributed by atoms with van der Waals surface area (Å²) in [4.78, 5) is 5.34. The SMILES string of the molecule is COc1ccc(OC)c(CN2CCN([C@@H]3C[C@H]4CC[C@@H]3C4)CC2)c1. The Morgan fingerprint density at radius 2 is 1.83 bits per heavy atom. The number of ether oxygens (including phenoxy) is 2. The number of nitrogens with zero attached hydrogens (tertiary/aromatic N) is 2. The Bertz CT molecular complexity index is 569. The highest BCUT2D eigenvalue weighted by molar-refractivity contribution is 5.40. The average molecular weight is 330 g/mol. The molecule has 0 unspecified atom stereocenters. The van der Waals surface area contributed by atoms with E-state index in [2.05, 4.69) is 15.9 Å². The van der Waals surface area contributed by atoms with E-state index < -0.39 is 0 Å². The zero-order valence-electron chi connectivity index (χ0n) is 15.0. The molecule has 3 aliphatic rings. The van der Waals surface area contributed by atoms with Crippen LogP contribution in [0.2, 0.25) is 0 Å². The predicted octanol–water partition coefficient (Wildman–Crippen LogP) is 3.01. The highest BCUT2D eigenvalue weighted by Crippen LogP contribution is 2.46. The van der Waals surface area contributed by atoms with E-state index in [1.165, 1.54) is 44.3 Å². The molecule has 0 radical (unpaired) electrons. The van der Waals surface area contributed by atoms with Crippen molar-refractivity contribution >= 4 is 0 Å². The zero-order chi connectivity index (χ0) is 16.5. The van der Waals surface area contributed by atoms with Crippen molar-refractivity contribution in [3.8, 4) is 11.5 Å². The fraction of sp³-hybridized carbons (Fsp3) is 0.700. The molecule has 1 aliphatic heterocycles. The van der Waals surface area contributed by atoms with E-state index >= 15 is 0 Å². The van der Waals surface area contributed by atoms with Crippen LogP contribution < -0.4 is 9.47 Å². The lowest BCUT2D eigenvalue weighted by molar-refractivity contribution is 0.0676. The molecule has 1 aromatic carbocycles. The van der Waals surface area contributed by atoms with Crippen molar-refractivity contribution in [2.24, 2.45) is 11.8 Å². The van der Waals surface area contributed by atoms with Crippen LogP contribution in [-0.2, 0) is 6.54 Å². The summed E-state index contributed by atoms with van der Waals surface area (Å²) in [6.07, 6.45) is 5.95. The molecule has 0 N–H and O–H groups in total. The molecule has 2 aliphatic carbocycles. The second kappa shape index (κ2) is 6.93. The van der Waals surface area contributed by atoms with E-state index in [4.69, 9.17) is 9.47 Å². The minimum atomic E-state index is 0.886. The maximum atomic E-state index is 5.53. The molecule has 0 aromatic heterocycles. The molecule has 2 bridgehead atoms. The topological polar surface area (TPSA) is 24.9 Å². The predicted molar refractivity (Wildman–Crippen MR) is 95.6 cm³/mol. The second-order valence-electron chi connectivity index (χ2n) is 7.73. The molecule has 2 saturated carbocycles. The fourth-order valence-electron chi connectivity index (χ4n) is 5.16. The van der Waals surface area contributed by atoms with Gasteiger partial charge < -0.3 is 9.47 Å². The number of hydrogen-bond acceptors (Lipinski definition) is 4. The van der Waals surface area contributed by atoms with Crippen molar-refractivity contribution in [1.82, 2.24) is 9.80 Å². The Hall–Kier alpha value is -1.26. The van der Waals surface area contributed by atoms with Gasteiger partial charge in [-0.2, -0.15) is 0 Å². The van der Waals surface area contributed by atoms with Gasteiger partial charge in [0.15, 0.2) is 0 Å². The van der Waals surface area contributed by atoms with E-state index in [0.29, 0.717) is 0 Å². The number of hydrogen-bond donors (Lipinski definition) is 0. The lowest BCUT2D eigenvalue weighted by Gasteiger charge is -2.41. The maximum Gasteiger partial charge on any atom is 0.123 e. The van der Waals surface area contributed by atoms with Gasteiger partial charge in [-0.15, -0.1) is 0 Å². The summed E-state index contributed by atoms with van der Waals surface area (Å²) < 4.78 is 10.9. The van der Waals surface area contributed by atoms with Crippen molar-refractivity contribution in [2.45, 2.75) is 38.3 Å². The lowest BCUT2D eigenvalue weighted by Crippen LogP contribution is -2.51. The van der Waals surface area contributed by atoms with E-state index in [-0.39, 0.29) is 0 Å². The third kappa shape index (κ3) is 3.14. The Kier molecular flexibility index (Phi) is 4.68. The van der Waals surface area contributed by atoms with Gasteiger partial charge in [0.05, 0.1) is 14.2 Å². The number of rotatable bonds is 5. The average Bonchev–Trinajstić information content (AvgIpc) is 3.25. The number of benzene rings is 1. The Morgan fingerprint density at radius 3 is 2.46 bits per heavy atom. The molecule has 0 amide bonds. The van der Waals surface area contributed by atoms with E-state index in [0.717, 1.165) is 49.0 Å². The molecule has 0 spiro atoms. The first-order chi connectivity index (χ1) is 11.8. The highest BCUT2D eigenvalue weighted by atomic mass is 16.5. The first kappa shape index (κ1) is 16.2. The summed E-state index contributed by atoms with van der Waals surface area (Å²) in [5.74, 6) is 3.91. The molecular weight excluding hydrogens is 300 g/mol. The van der Waals surface area contributed by atoms with Crippen LogP contribution in [0.3, 0.4) is 0 Å². The van der Waals surface area contributed by atoms with Gasteiger partial charge in [0.25, 0.3) is 0 Å². The number of methoxy groups -OCH3 is 2. The van der Waals surface area contributed by atoms with Gasteiger partial charge in [0, 0.05) is 44.3 Å². The number of piperazine rings is 1. The van der Waals surface area contributed by atoms with Crippen molar-refractivity contribution in [1.29, 1.82) is 0 Å². The summed E-state index contributed by atoms with van der Waals surface area (Å²) in [5, 5.41) is 0. The summed E-state index contributed by atoms with van der Waals surface area (Å²) in [6, 6.07) is 6.98. The molecule has 1 aromatic rings. The lowest BCUT2D eigenvalue weighted by atomic mass is 9.93. The summed E-state index contributed by atoms with van der Waals surface area (Å²) in [6.45, 7) is 5.72. The third-order valence-corrected chi connectivity index (χ3v) is 6.46. The summed E-state index contributed by atoms with van der Waals surface area (Å²) in [7, 11) is 3.47. The van der Waals surface area contributed by atoms with Crippen LogP contribution in [0.15, 0.2) is 18.2 Å². The molecule has 1 heterocycles. The molecule has 4 heteroatoms. The van der Waals surface area contributed by atoms with Crippen molar-refractivity contribution in [3.63, 3.8) is 0 Å². The minimum Gasteiger partial charge on any atom is -0.497 e. The van der Waals surface area contributed by atoms with Crippen LogP contribution in [0.25, 0.3) is 0 Å². The van der Waals surface area contributed by atoms with E-state index in [1.807, 2.05) is 12.1 Å². The Labute approximate surface area is 145 Å². The minimum absolute atomic E-state index is 0.886. The summed E-state index contributed by atoms with van der Waals surface area (Å²) in [5.41, 5.74) is 1.23. The van der Waals surface area contributed by atoms with Crippen LogP contribution in [0.5, 0.6) is 11.5 Å². The fourth-order valence-corrected chi connectivity index (χ4v) is 5.16. The smallest absolute Gasteiger partial charge is 0.123 e. The quantitative estimate of drug-likeness (QED) is 0.828. The molecule has 4 rings (SSSR count). The number of fused-ring (bicyclic) bond motifs is 2. The van der Waals surface area contributed by atoms with E-state index in [9.17, 15) is 0 Å².